The van der Waals surface area contributed by atoms with Crippen molar-refractivity contribution in [1.82, 2.24) is 0 Å². The molecule has 1 heterocycles. The summed E-state index contributed by atoms with van der Waals surface area (Å²) >= 11 is 5.90. The number of fused-ring (bicyclic) bond motifs is 1. The molecule has 0 saturated heterocycles. The Hall–Kier alpha value is -3.37. The van der Waals surface area contributed by atoms with Crippen LogP contribution in [0.2, 0.25) is 5.02 Å². The number of rotatable bonds is 3. The fraction of sp³-hybridized carbons (Fsp3) is 0. The zero-order valence-corrected chi connectivity index (χ0v) is 14.8. The minimum absolute atomic E-state index is 0.281. The van der Waals surface area contributed by atoms with Crippen LogP contribution < -0.4 is 10.4 Å². The van der Waals surface area contributed by atoms with E-state index in [-0.39, 0.29) is 5.75 Å². The second-order valence-corrected chi connectivity index (χ2v) is 6.35. The summed E-state index contributed by atoms with van der Waals surface area (Å²) in [6.07, 6.45) is 0. The van der Waals surface area contributed by atoms with Crippen molar-refractivity contribution in [2.45, 2.75) is 0 Å². The molecule has 0 aliphatic heterocycles. The van der Waals surface area contributed by atoms with E-state index in [4.69, 9.17) is 20.8 Å². The SMILES string of the molecule is O=C(Oc1ccc2cc(-c3ccccc3)c(=O)oc2c1)c1cccc(Cl)c1. The smallest absolute Gasteiger partial charge is 0.344 e. The topological polar surface area (TPSA) is 56.5 Å². The number of ether oxygens (including phenoxy) is 1. The number of esters is 1. The van der Waals surface area contributed by atoms with E-state index in [1.54, 1.807) is 36.4 Å². The van der Waals surface area contributed by atoms with Gasteiger partial charge in [0.1, 0.15) is 11.3 Å². The first-order chi connectivity index (χ1) is 13.1. The summed E-state index contributed by atoms with van der Waals surface area (Å²) in [6.45, 7) is 0. The Kier molecular flexibility index (Phi) is 4.48. The van der Waals surface area contributed by atoms with E-state index in [0.29, 0.717) is 21.7 Å². The summed E-state index contributed by atoms with van der Waals surface area (Å²) in [5.41, 5.74) is 1.49. The molecule has 1 aromatic heterocycles. The summed E-state index contributed by atoms with van der Waals surface area (Å²) in [4.78, 5) is 24.6. The van der Waals surface area contributed by atoms with Crippen molar-refractivity contribution in [2.24, 2.45) is 0 Å². The van der Waals surface area contributed by atoms with Gasteiger partial charge in [0, 0.05) is 16.5 Å². The molecule has 0 amide bonds. The predicted molar refractivity (Wildman–Crippen MR) is 104 cm³/mol. The zero-order valence-electron chi connectivity index (χ0n) is 14.0. The molecule has 0 unspecified atom stereocenters. The Balaban J connectivity index is 1.67. The Labute approximate surface area is 159 Å². The Bertz CT molecular complexity index is 1200. The quantitative estimate of drug-likeness (QED) is 0.275. The van der Waals surface area contributed by atoms with Crippen LogP contribution in [0.5, 0.6) is 5.75 Å². The summed E-state index contributed by atoms with van der Waals surface area (Å²) in [7, 11) is 0. The maximum absolute atomic E-state index is 12.3. The highest BCUT2D eigenvalue weighted by Gasteiger charge is 2.12. The third kappa shape index (κ3) is 3.61. The van der Waals surface area contributed by atoms with Crippen molar-refractivity contribution in [2.75, 3.05) is 0 Å². The lowest BCUT2D eigenvalue weighted by molar-refractivity contribution is 0.0735. The van der Waals surface area contributed by atoms with Crippen molar-refractivity contribution in [3.05, 3.63) is 99.9 Å². The van der Waals surface area contributed by atoms with Crippen LogP contribution in [-0.2, 0) is 0 Å². The Morgan fingerprint density at radius 2 is 1.70 bits per heavy atom. The van der Waals surface area contributed by atoms with Crippen LogP contribution in [0.15, 0.2) is 88.1 Å². The second-order valence-electron chi connectivity index (χ2n) is 5.91. The Morgan fingerprint density at radius 3 is 2.48 bits per heavy atom. The van der Waals surface area contributed by atoms with Crippen molar-refractivity contribution >= 4 is 28.5 Å². The third-order valence-electron chi connectivity index (χ3n) is 4.06. The van der Waals surface area contributed by atoms with Crippen LogP contribution >= 0.6 is 11.6 Å². The molecule has 4 aromatic rings. The molecule has 27 heavy (non-hydrogen) atoms. The summed E-state index contributed by atoms with van der Waals surface area (Å²) in [6, 6.07) is 22.5. The second kappa shape index (κ2) is 7.09. The molecule has 0 aliphatic carbocycles. The maximum atomic E-state index is 12.3. The minimum Gasteiger partial charge on any atom is -0.423 e. The van der Waals surface area contributed by atoms with E-state index < -0.39 is 11.6 Å². The molecule has 3 aromatic carbocycles. The van der Waals surface area contributed by atoms with E-state index in [0.717, 1.165) is 10.9 Å². The van der Waals surface area contributed by atoms with Crippen molar-refractivity contribution < 1.29 is 13.9 Å². The van der Waals surface area contributed by atoms with Gasteiger partial charge in [-0.1, -0.05) is 48.0 Å². The third-order valence-corrected chi connectivity index (χ3v) is 4.30. The van der Waals surface area contributed by atoms with E-state index >= 15 is 0 Å². The number of halogens is 1. The molecule has 0 bridgehead atoms. The lowest BCUT2D eigenvalue weighted by Gasteiger charge is -2.07. The van der Waals surface area contributed by atoms with Crippen LogP contribution in [-0.4, -0.2) is 5.97 Å². The molecule has 0 fully saturated rings. The molecule has 0 spiro atoms. The largest absolute Gasteiger partial charge is 0.423 e. The molecular formula is C22H13ClO4. The average Bonchev–Trinajstić information content (AvgIpc) is 2.68. The van der Waals surface area contributed by atoms with Gasteiger partial charge < -0.3 is 9.15 Å². The van der Waals surface area contributed by atoms with Crippen LogP contribution in [0.3, 0.4) is 0 Å². The number of carbonyl (C=O) groups excluding carboxylic acids is 1. The molecule has 0 aliphatic rings. The fourth-order valence-electron chi connectivity index (χ4n) is 2.76. The van der Waals surface area contributed by atoms with Gasteiger partial charge in [-0.15, -0.1) is 0 Å². The molecule has 4 nitrogen and oxygen atoms in total. The highest BCUT2D eigenvalue weighted by Crippen LogP contribution is 2.25. The predicted octanol–water partition coefficient (Wildman–Crippen LogP) is 5.33. The molecule has 0 atom stereocenters. The van der Waals surface area contributed by atoms with E-state index in [1.165, 1.54) is 12.1 Å². The first-order valence-corrected chi connectivity index (χ1v) is 8.59. The molecule has 0 radical (unpaired) electrons. The molecular weight excluding hydrogens is 364 g/mol. The van der Waals surface area contributed by atoms with E-state index in [9.17, 15) is 9.59 Å². The lowest BCUT2D eigenvalue weighted by atomic mass is 10.1. The van der Waals surface area contributed by atoms with E-state index in [2.05, 4.69) is 0 Å². The molecule has 4 rings (SSSR count). The van der Waals surface area contributed by atoms with Gasteiger partial charge in [0.25, 0.3) is 0 Å². The van der Waals surface area contributed by atoms with Gasteiger partial charge in [-0.05, 0) is 42.0 Å². The Morgan fingerprint density at radius 1 is 0.889 bits per heavy atom. The molecule has 0 saturated carbocycles. The maximum Gasteiger partial charge on any atom is 0.344 e. The monoisotopic (exact) mass is 376 g/mol. The van der Waals surface area contributed by atoms with Crippen LogP contribution in [0.4, 0.5) is 0 Å². The average molecular weight is 377 g/mol. The van der Waals surface area contributed by atoms with Crippen LogP contribution in [0, 0.1) is 0 Å². The van der Waals surface area contributed by atoms with Gasteiger partial charge in [0.05, 0.1) is 11.1 Å². The number of carbonyl (C=O) groups is 1. The van der Waals surface area contributed by atoms with Gasteiger partial charge >= 0.3 is 11.6 Å². The molecule has 132 valence electrons. The number of benzene rings is 3. The summed E-state index contributed by atoms with van der Waals surface area (Å²) < 4.78 is 10.8. The molecule has 5 heteroatoms. The van der Waals surface area contributed by atoms with Gasteiger partial charge in [0.15, 0.2) is 0 Å². The van der Waals surface area contributed by atoms with Crippen LogP contribution in [0.25, 0.3) is 22.1 Å². The van der Waals surface area contributed by atoms with Gasteiger partial charge in [-0.25, -0.2) is 9.59 Å². The van der Waals surface area contributed by atoms with Gasteiger partial charge in [0.2, 0.25) is 0 Å². The first kappa shape index (κ1) is 17.1. The lowest BCUT2D eigenvalue weighted by Crippen LogP contribution is -2.08. The minimum atomic E-state index is -0.542. The fourth-order valence-corrected chi connectivity index (χ4v) is 2.95. The standard InChI is InChI=1S/C22H13ClO4/c23-17-8-4-7-16(11-17)21(24)26-18-10-9-15-12-19(14-5-2-1-3-6-14)22(25)27-20(15)13-18/h1-13H. The summed E-state index contributed by atoms with van der Waals surface area (Å²) in [5.74, 6) is -0.261. The van der Waals surface area contributed by atoms with Crippen molar-refractivity contribution in [3.8, 4) is 16.9 Å². The van der Waals surface area contributed by atoms with E-state index in [1.807, 2.05) is 30.3 Å². The molecule has 0 N–H and O–H groups in total. The highest BCUT2D eigenvalue weighted by molar-refractivity contribution is 6.30. The van der Waals surface area contributed by atoms with Gasteiger partial charge in [-0.3, -0.25) is 0 Å². The van der Waals surface area contributed by atoms with Crippen molar-refractivity contribution in [3.63, 3.8) is 0 Å². The summed E-state index contributed by atoms with van der Waals surface area (Å²) in [5, 5.41) is 1.18. The number of hydrogen-bond donors (Lipinski definition) is 0. The normalized spacial score (nSPS) is 10.7. The van der Waals surface area contributed by atoms with Crippen molar-refractivity contribution in [1.29, 1.82) is 0 Å². The van der Waals surface area contributed by atoms with Gasteiger partial charge in [-0.2, -0.15) is 0 Å². The number of hydrogen-bond acceptors (Lipinski definition) is 4. The zero-order chi connectivity index (χ0) is 18.8. The van der Waals surface area contributed by atoms with Crippen LogP contribution in [0.1, 0.15) is 10.4 Å². The first-order valence-electron chi connectivity index (χ1n) is 8.21. The highest BCUT2D eigenvalue weighted by atomic mass is 35.5.